The van der Waals surface area contributed by atoms with E-state index in [2.05, 4.69) is 21.4 Å². The van der Waals surface area contributed by atoms with E-state index in [0.29, 0.717) is 22.9 Å². The smallest absolute Gasteiger partial charge is 0.248 e. The maximum atomic E-state index is 12.3. The average molecular weight is 373 g/mol. The minimum atomic E-state index is -0.274. The van der Waals surface area contributed by atoms with Gasteiger partial charge in [-0.25, -0.2) is 0 Å². The van der Waals surface area contributed by atoms with E-state index in [0.717, 1.165) is 21.8 Å². The number of carbonyl (C=O) groups excluding carboxylic acids is 1. The summed E-state index contributed by atoms with van der Waals surface area (Å²) in [6.45, 7) is 0. The van der Waals surface area contributed by atoms with Gasteiger partial charge in [0.05, 0.1) is 37.3 Å². The molecule has 0 aliphatic heterocycles. The van der Waals surface area contributed by atoms with Crippen LogP contribution in [0.1, 0.15) is 5.69 Å². The van der Waals surface area contributed by atoms with Crippen molar-refractivity contribution in [2.45, 2.75) is 0 Å². The maximum Gasteiger partial charge on any atom is 0.248 e. The molecule has 0 spiro atoms. The van der Waals surface area contributed by atoms with Crippen LogP contribution in [0.3, 0.4) is 0 Å². The Morgan fingerprint density at radius 2 is 1.89 bits per heavy atom. The summed E-state index contributed by atoms with van der Waals surface area (Å²) in [5, 5.41) is 5.00. The van der Waals surface area contributed by atoms with Crippen molar-refractivity contribution in [3.63, 3.8) is 0 Å². The number of para-hydroxylation sites is 1. The Kier molecular flexibility index (Phi) is 4.68. The number of aromatic amines is 1. The molecule has 0 saturated carbocycles. The van der Waals surface area contributed by atoms with E-state index in [1.807, 2.05) is 24.3 Å². The first-order valence-corrected chi connectivity index (χ1v) is 8.75. The number of nitrogens with zero attached hydrogens (tertiary/aromatic N) is 1. The largest absolute Gasteiger partial charge is 0.497 e. The molecule has 140 valence electrons. The van der Waals surface area contributed by atoms with Crippen LogP contribution >= 0.6 is 0 Å². The summed E-state index contributed by atoms with van der Waals surface area (Å²) in [7, 11) is 3.12. The van der Waals surface area contributed by atoms with Crippen molar-refractivity contribution in [2.75, 3.05) is 19.5 Å². The number of amides is 1. The van der Waals surface area contributed by atoms with Crippen LogP contribution < -0.4 is 14.8 Å². The van der Waals surface area contributed by atoms with Gasteiger partial charge in [0.1, 0.15) is 11.5 Å². The van der Waals surface area contributed by atoms with Crippen molar-refractivity contribution in [1.82, 2.24) is 9.97 Å². The van der Waals surface area contributed by atoms with E-state index in [-0.39, 0.29) is 5.91 Å². The fourth-order valence-corrected chi connectivity index (χ4v) is 3.09. The van der Waals surface area contributed by atoms with Gasteiger partial charge < -0.3 is 19.8 Å². The summed E-state index contributed by atoms with van der Waals surface area (Å²) in [5.41, 5.74) is 3.29. The molecule has 6 nitrogen and oxygen atoms in total. The van der Waals surface area contributed by atoms with E-state index in [4.69, 9.17) is 9.47 Å². The molecule has 0 saturated heterocycles. The maximum absolute atomic E-state index is 12.3. The Labute approximate surface area is 161 Å². The van der Waals surface area contributed by atoms with E-state index >= 15 is 0 Å². The van der Waals surface area contributed by atoms with Gasteiger partial charge >= 0.3 is 0 Å². The van der Waals surface area contributed by atoms with Crippen LogP contribution in [0.4, 0.5) is 5.69 Å². The molecule has 2 heterocycles. The molecule has 0 atom stereocenters. The Hall–Kier alpha value is -3.80. The van der Waals surface area contributed by atoms with Gasteiger partial charge in [-0.05, 0) is 30.3 Å². The second-order valence-corrected chi connectivity index (χ2v) is 6.21. The number of anilines is 1. The van der Waals surface area contributed by atoms with Crippen LogP contribution in [0.5, 0.6) is 11.5 Å². The van der Waals surface area contributed by atoms with Crippen LogP contribution in [0.15, 0.2) is 60.8 Å². The highest BCUT2D eigenvalue weighted by Crippen LogP contribution is 2.29. The van der Waals surface area contributed by atoms with Crippen LogP contribution in [-0.2, 0) is 4.79 Å². The number of hydrogen-bond donors (Lipinski definition) is 2. The summed E-state index contributed by atoms with van der Waals surface area (Å²) >= 11 is 0. The number of hydrogen-bond acceptors (Lipinski definition) is 4. The van der Waals surface area contributed by atoms with Crippen molar-refractivity contribution >= 4 is 39.5 Å². The highest BCUT2D eigenvalue weighted by molar-refractivity contribution is 6.08. The quantitative estimate of drug-likeness (QED) is 0.509. The normalized spacial score (nSPS) is 11.2. The molecule has 0 fully saturated rings. The fourth-order valence-electron chi connectivity index (χ4n) is 3.09. The molecule has 4 rings (SSSR count). The lowest BCUT2D eigenvalue weighted by Gasteiger charge is -2.10. The molecule has 0 radical (unpaired) electrons. The lowest BCUT2D eigenvalue weighted by atomic mass is 10.1. The first kappa shape index (κ1) is 17.6. The minimum Gasteiger partial charge on any atom is -0.497 e. The molecule has 28 heavy (non-hydrogen) atoms. The molecule has 0 aliphatic rings. The molecule has 2 aromatic carbocycles. The lowest BCUT2D eigenvalue weighted by molar-refractivity contribution is -0.111. The molecule has 2 N–H and O–H groups in total. The van der Waals surface area contributed by atoms with Gasteiger partial charge in [0, 0.05) is 28.4 Å². The molecular weight excluding hydrogens is 354 g/mol. The van der Waals surface area contributed by atoms with Crippen LogP contribution in [-0.4, -0.2) is 30.1 Å². The van der Waals surface area contributed by atoms with Gasteiger partial charge in [0.2, 0.25) is 5.91 Å². The molecule has 6 heteroatoms. The Morgan fingerprint density at radius 3 is 2.71 bits per heavy atom. The summed E-state index contributed by atoms with van der Waals surface area (Å²) in [6, 6.07) is 15.3. The van der Waals surface area contributed by atoms with Crippen molar-refractivity contribution in [1.29, 1.82) is 0 Å². The van der Waals surface area contributed by atoms with Gasteiger partial charge in [-0.2, -0.15) is 0 Å². The van der Waals surface area contributed by atoms with Gasteiger partial charge in [-0.1, -0.05) is 18.2 Å². The highest BCUT2D eigenvalue weighted by atomic mass is 16.5. The summed E-state index contributed by atoms with van der Waals surface area (Å²) < 4.78 is 10.5. The van der Waals surface area contributed by atoms with Gasteiger partial charge in [0.25, 0.3) is 0 Å². The van der Waals surface area contributed by atoms with Gasteiger partial charge in [0.15, 0.2) is 0 Å². The predicted molar refractivity (Wildman–Crippen MR) is 111 cm³/mol. The number of carbonyl (C=O) groups is 1. The zero-order chi connectivity index (χ0) is 19.5. The number of H-pyrrole nitrogens is 1. The van der Waals surface area contributed by atoms with E-state index < -0.39 is 0 Å². The van der Waals surface area contributed by atoms with Crippen molar-refractivity contribution < 1.29 is 14.3 Å². The number of rotatable bonds is 5. The third-order valence-corrected chi connectivity index (χ3v) is 4.48. The van der Waals surface area contributed by atoms with Gasteiger partial charge in [-0.3, -0.25) is 9.78 Å². The zero-order valence-electron chi connectivity index (χ0n) is 15.5. The lowest BCUT2D eigenvalue weighted by Crippen LogP contribution is -2.09. The van der Waals surface area contributed by atoms with E-state index in [1.54, 1.807) is 44.7 Å². The van der Waals surface area contributed by atoms with E-state index in [1.165, 1.54) is 6.08 Å². The third kappa shape index (κ3) is 3.40. The number of fused-ring (bicyclic) bond motifs is 3. The third-order valence-electron chi connectivity index (χ3n) is 4.48. The Bertz CT molecular complexity index is 1190. The second kappa shape index (κ2) is 7.44. The number of aromatic nitrogens is 2. The first-order valence-electron chi connectivity index (χ1n) is 8.75. The van der Waals surface area contributed by atoms with Gasteiger partial charge in [-0.15, -0.1) is 0 Å². The monoisotopic (exact) mass is 373 g/mol. The highest BCUT2D eigenvalue weighted by Gasteiger charge is 2.08. The average Bonchev–Trinajstić information content (AvgIpc) is 3.10. The Balaban J connectivity index is 1.55. The van der Waals surface area contributed by atoms with Crippen LogP contribution in [0.2, 0.25) is 0 Å². The number of ether oxygens (including phenoxy) is 2. The topological polar surface area (TPSA) is 76.2 Å². The predicted octanol–water partition coefficient (Wildman–Crippen LogP) is 4.39. The number of nitrogens with one attached hydrogen (secondary N) is 2. The molecule has 1 amide bonds. The number of pyridine rings is 1. The van der Waals surface area contributed by atoms with Crippen LogP contribution in [0.25, 0.3) is 27.9 Å². The standard InChI is InChI=1S/C22H19N3O3/c1-27-15-8-9-19(21(12-15)28-2)25-22(26)10-7-14-11-17-16-5-3-4-6-18(16)24-20(17)13-23-14/h3-13,24H,1-2H3,(H,25,26)/b10-7+. The summed E-state index contributed by atoms with van der Waals surface area (Å²) in [4.78, 5) is 20.0. The van der Waals surface area contributed by atoms with Crippen molar-refractivity contribution in [3.8, 4) is 11.5 Å². The van der Waals surface area contributed by atoms with E-state index in [9.17, 15) is 4.79 Å². The second-order valence-electron chi connectivity index (χ2n) is 6.21. The number of benzene rings is 2. The Morgan fingerprint density at radius 1 is 1.04 bits per heavy atom. The zero-order valence-corrected chi connectivity index (χ0v) is 15.5. The molecule has 0 aliphatic carbocycles. The molecule has 0 unspecified atom stereocenters. The molecular formula is C22H19N3O3. The summed E-state index contributed by atoms with van der Waals surface area (Å²) in [5.74, 6) is 0.908. The SMILES string of the molecule is COc1ccc(NC(=O)/C=C/c2cc3c(cn2)[nH]c2ccccc23)c(OC)c1. The fraction of sp³-hybridized carbons (Fsp3) is 0.0909. The van der Waals surface area contributed by atoms with Crippen LogP contribution in [0, 0.1) is 0 Å². The molecule has 2 aromatic heterocycles. The number of methoxy groups -OCH3 is 2. The summed E-state index contributed by atoms with van der Waals surface area (Å²) in [6.07, 6.45) is 4.92. The first-order chi connectivity index (χ1) is 13.7. The minimum absolute atomic E-state index is 0.274. The molecule has 0 bridgehead atoms. The van der Waals surface area contributed by atoms with Crippen molar-refractivity contribution in [3.05, 3.63) is 66.5 Å². The van der Waals surface area contributed by atoms with Crippen molar-refractivity contribution in [2.24, 2.45) is 0 Å². The molecule has 4 aromatic rings.